The van der Waals surface area contributed by atoms with Gasteiger partial charge in [0.1, 0.15) is 5.82 Å². The lowest BCUT2D eigenvalue weighted by molar-refractivity contribution is -0.0767. The summed E-state index contributed by atoms with van der Waals surface area (Å²) >= 11 is 3.27. The van der Waals surface area contributed by atoms with Gasteiger partial charge in [-0.2, -0.15) is 0 Å². The van der Waals surface area contributed by atoms with Crippen LogP contribution in [0.15, 0.2) is 16.6 Å². The molecule has 1 saturated carbocycles. The molecular formula is C16H21BrFNO. The Morgan fingerprint density at radius 1 is 1.35 bits per heavy atom. The second-order valence-corrected chi connectivity index (χ2v) is 7.01. The first-order chi connectivity index (χ1) is 9.58. The second-order valence-electron chi connectivity index (χ2n) is 6.15. The summed E-state index contributed by atoms with van der Waals surface area (Å²) in [7, 11) is 0. The van der Waals surface area contributed by atoms with E-state index in [9.17, 15) is 4.39 Å². The van der Waals surface area contributed by atoms with Gasteiger partial charge in [-0.05, 0) is 66.2 Å². The van der Waals surface area contributed by atoms with Crippen LogP contribution in [-0.4, -0.2) is 18.2 Å². The molecule has 1 aliphatic carbocycles. The maximum atomic E-state index is 13.5. The Hall–Kier alpha value is -0.610. The molecule has 4 heteroatoms. The summed E-state index contributed by atoms with van der Waals surface area (Å²) in [6.45, 7) is 2.78. The van der Waals surface area contributed by atoms with Gasteiger partial charge < -0.3 is 10.1 Å². The molecule has 1 saturated heterocycles. The fourth-order valence-electron chi connectivity index (χ4n) is 3.54. The molecule has 20 heavy (non-hydrogen) atoms. The third-order valence-electron chi connectivity index (χ3n) is 4.63. The minimum atomic E-state index is -0.202. The maximum Gasteiger partial charge on any atom is 0.137 e. The van der Waals surface area contributed by atoms with Gasteiger partial charge in [0.25, 0.3) is 0 Å². The molecule has 0 aromatic heterocycles. The minimum absolute atomic E-state index is 0.112. The van der Waals surface area contributed by atoms with Crippen LogP contribution in [0, 0.1) is 12.7 Å². The van der Waals surface area contributed by atoms with Gasteiger partial charge in [0.05, 0.1) is 10.1 Å². The van der Waals surface area contributed by atoms with Crippen molar-refractivity contribution in [3.8, 4) is 0 Å². The molecule has 1 atom stereocenters. The van der Waals surface area contributed by atoms with Crippen molar-refractivity contribution in [2.75, 3.05) is 11.9 Å². The zero-order chi connectivity index (χ0) is 14.2. The summed E-state index contributed by atoms with van der Waals surface area (Å²) < 4.78 is 20.1. The van der Waals surface area contributed by atoms with Crippen molar-refractivity contribution >= 4 is 21.6 Å². The summed E-state index contributed by atoms with van der Waals surface area (Å²) in [6, 6.07) is 3.86. The number of rotatable bonds is 2. The Morgan fingerprint density at radius 2 is 2.10 bits per heavy atom. The Bertz CT molecular complexity index is 499. The average Bonchev–Trinajstić information content (AvgIpc) is 2.84. The van der Waals surface area contributed by atoms with Crippen molar-refractivity contribution in [2.24, 2.45) is 0 Å². The molecule has 1 unspecified atom stereocenters. The van der Waals surface area contributed by atoms with E-state index in [2.05, 4.69) is 21.2 Å². The van der Waals surface area contributed by atoms with Gasteiger partial charge in [-0.1, -0.05) is 12.8 Å². The molecule has 1 spiro atoms. The number of ether oxygens (including phenoxy) is 1. The van der Waals surface area contributed by atoms with E-state index >= 15 is 0 Å². The standard InChI is InChI=1S/C16H21BrFNO/c1-11-8-14(18)13(17)9-15(11)19-12-4-7-20-16(10-12)5-2-3-6-16/h8-9,12,19H,2-7,10H2,1H3. The molecule has 2 fully saturated rings. The molecule has 0 amide bonds. The molecule has 1 aromatic rings. The summed E-state index contributed by atoms with van der Waals surface area (Å²) in [5.41, 5.74) is 2.09. The van der Waals surface area contributed by atoms with Crippen molar-refractivity contribution < 1.29 is 9.13 Å². The molecular weight excluding hydrogens is 321 g/mol. The van der Waals surface area contributed by atoms with Gasteiger partial charge in [0, 0.05) is 18.3 Å². The molecule has 3 rings (SSSR count). The quantitative estimate of drug-likeness (QED) is 0.834. The molecule has 2 aliphatic rings. The van der Waals surface area contributed by atoms with Gasteiger partial charge >= 0.3 is 0 Å². The molecule has 0 bridgehead atoms. The normalized spacial score (nSPS) is 25.1. The minimum Gasteiger partial charge on any atom is -0.382 e. The largest absolute Gasteiger partial charge is 0.382 e. The molecule has 1 aromatic carbocycles. The molecule has 2 nitrogen and oxygen atoms in total. The first-order valence-corrected chi connectivity index (χ1v) is 8.23. The molecule has 1 N–H and O–H groups in total. The van der Waals surface area contributed by atoms with E-state index < -0.39 is 0 Å². The Kier molecular flexibility index (Phi) is 4.04. The van der Waals surface area contributed by atoms with Crippen molar-refractivity contribution in [1.29, 1.82) is 0 Å². The zero-order valence-electron chi connectivity index (χ0n) is 11.8. The van der Waals surface area contributed by atoms with E-state index in [1.165, 1.54) is 25.7 Å². The van der Waals surface area contributed by atoms with E-state index in [0.29, 0.717) is 10.5 Å². The Morgan fingerprint density at radius 3 is 2.85 bits per heavy atom. The zero-order valence-corrected chi connectivity index (χ0v) is 13.4. The van der Waals surface area contributed by atoms with Crippen molar-refractivity contribution in [3.05, 3.63) is 28.0 Å². The fourth-order valence-corrected chi connectivity index (χ4v) is 3.88. The highest BCUT2D eigenvalue weighted by Gasteiger charge is 2.39. The highest BCUT2D eigenvalue weighted by molar-refractivity contribution is 9.10. The lowest BCUT2D eigenvalue weighted by Crippen LogP contribution is -2.42. The monoisotopic (exact) mass is 341 g/mol. The molecule has 110 valence electrons. The number of halogens is 2. The van der Waals surface area contributed by atoms with Gasteiger partial charge in [-0.15, -0.1) is 0 Å². The van der Waals surface area contributed by atoms with Crippen LogP contribution < -0.4 is 5.32 Å². The number of hydrogen-bond donors (Lipinski definition) is 1. The van der Waals surface area contributed by atoms with E-state index in [1.54, 1.807) is 6.07 Å². The van der Waals surface area contributed by atoms with Crippen LogP contribution in [0.2, 0.25) is 0 Å². The summed E-state index contributed by atoms with van der Waals surface area (Å²) in [6.07, 6.45) is 7.05. The topological polar surface area (TPSA) is 21.3 Å². The highest BCUT2D eigenvalue weighted by atomic mass is 79.9. The van der Waals surface area contributed by atoms with Crippen LogP contribution >= 0.6 is 15.9 Å². The van der Waals surface area contributed by atoms with Gasteiger partial charge in [-0.3, -0.25) is 0 Å². The molecule has 0 radical (unpaired) electrons. The third-order valence-corrected chi connectivity index (χ3v) is 5.24. The second kappa shape index (κ2) is 5.64. The van der Waals surface area contributed by atoms with Crippen LogP contribution in [0.4, 0.5) is 10.1 Å². The van der Waals surface area contributed by atoms with E-state index in [-0.39, 0.29) is 11.4 Å². The van der Waals surface area contributed by atoms with Crippen molar-refractivity contribution in [2.45, 2.75) is 57.1 Å². The number of aryl methyl sites for hydroxylation is 1. The van der Waals surface area contributed by atoms with E-state index in [4.69, 9.17) is 4.74 Å². The highest BCUT2D eigenvalue weighted by Crippen LogP contribution is 2.41. The van der Waals surface area contributed by atoms with E-state index in [1.807, 2.05) is 13.0 Å². The van der Waals surface area contributed by atoms with Crippen LogP contribution in [0.1, 0.15) is 44.1 Å². The third kappa shape index (κ3) is 2.86. The Balaban J connectivity index is 1.73. The lowest BCUT2D eigenvalue weighted by Gasteiger charge is -2.39. The molecule has 1 heterocycles. The number of anilines is 1. The van der Waals surface area contributed by atoms with Crippen LogP contribution in [0.3, 0.4) is 0 Å². The van der Waals surface area contributed by atoms with Crippen LogP contribution in [0.5, 0.6) is 0 Å². The average molecular weight is 342 g/mol. The predicted molar refractivity (Wildman–Crippen MR) is 82.6 cm³/mol. The summed E-state index contributed by atoms with van der Waals surface area (Å²) in [4.78, 5) is 0. The van der Waals surface area contributed by atoms with E-state index in [0.717, 1.165) is 30.7 Å². The first kappa shape index (κ1) is 14.3. The molecule has 1 aliphatic heterocycles. The number of benzene rings is 1. The smallest absolute Gasteiger partial charge is 0.137 e. The lowest BCUT2D eigenvalue weighted by atomic mass is 9.88. The predicted octanol–water partition coefficient (Wildman–Crippen LogP) is 4.80. The number of nitrogens with one attached hydrogen (secondary N) is 1. The van der Waals surface area contributed by atoms with Crippen molar-refractivity contribution in [3.63, 3.8) is 0 Å². The van der Waals surface area contributed by atoms with Crippen molar-refractivity contribution in [1.82, 2.24) is 0 Å². The summed E-state index contributed by atoms with van der Waals surface area (Å²) in [5.74, 6) is -0.202. The van der Waals surface area contributed by atoms with Gasteiger partial charge in [0.2, 0.25) is 0 Å². The maximum absolute atomic E-state index is 13.5. The number of hydrogen-bond acceptors (Lipinski definition) is 2. The first-order valence-electron chi connectivity index (χ1n) is 7.44. The van der Waals surface area contributed by atoms with Crippen LogP contribution in [-0.2, 0) is 4.74 Å². The SMILES string of the molecule is Cc1cc(F)c(Br)cc1NC1CCOC2(CCCC2)C1. The summed E-state index contributed by atoms with van der Waals surface area (Å²) in [5, 5.41) is 3.59. The Labute approximate surface area is 128 Å². The van der Waals surface area contributed by atoms with Gasteiger partial charge in [0.15, 0.2) is 0 Å². The van der Waals surface area contributed by atoms with Crippen LogP contribution in [0.25, 0.3) is 0 Å². The fraction of sp³-hybridized carbons (Fsp3) is 0.625. The van der Waals surface area contributed by atoms with Gasteiger partial charge in [-0.25, -0.2) is 4.39 Å².